The second-order valence-electron chi connectivity index (χ2n) is 11.9. The lowest BCUT2D eigenvalue weighted by molar-refractivity contribution is -0.132. The molecule has 5 rings (SSSR count). The predicted octanol–water partition coefficient (Wildman–Crippen LogP) is 8.19. The van der Waals surface area contributed by atoms with E-state index < -0.39 is 0 Å². The lowest BCUT2D eigenvalue weighted by atomic mass is 9.55. The van der Waals surface area contributed by atoms with Crippen molar-refractivity contribution in [2.24, 2.45) is 11.8 Å². The lowest BCUT2D eigenvalue weighted by Gasteiger charge is -2.50. The molecule has 0 aliphatic heterocycles. The largest absolute Gasteiger partial charge is 0.426 e. The first-order chi connectivity index (χ1) is 17.9. The third kappa shape index (κ3) is 5.79. The van der Waals surface area contributed by atoms with Gasteiger partial charge in [0.1, 0.15) is 11.6 Å². The maximum Gasteiger partial charge on any atom is 0.308 e. The summed E-state index contributed by atoms with van der Waals surface area (Å²) in [4.78, 5) is 12.2. The van der Waals surface area contributed by atoms with Crippen molar-refractivity contribution in [2.75, 3.05) is 0 Å². The summed E-state index contributed by atoms with van der Waals surface area (Å²) in [6.45, 7) is 3.75. The van der Waals surface area contributed by atoms with Crippen LogP contribution >= 0.6 is 0 Å². The minimum atomic E-state index is -0.263. The van der Waals surface area contributed by atoms with Crippen LogP contribution in [0.5, 0.6) is 5.75 Å². The minimum absolute atomic E-state index is 0.162. The number of esters is 1. The fourth-order valence-corrected chi connectivity index (χ4v) is 7.94. The molecule has 6 atom stereocenters. The van der Waals surface area contributed by atoms with E-state index in [-0.39, 0.29) is 23.8 Å². The fourth-order valence-electron chi connectivity index (χ4n) is 7.94. The Hall–Kier alpha value is -2.20. The molecule has 3 aliphatic rings. The zero-order valence-electron chi connectivity index (χ0n) is 22.6. The van der Waals surface area contributed by atoms with E-state index in [0.717, 1.165) is 62.7 Å². The Balaban J connectivity index is 1.42. The van der Waals surface area contributed by atoms with Gasteiger partial charge in [0, 0.05) is 12.5 Å². The number of aryl methyl sites for hydroxylation is 1. The molecule has 37 heavy (non-hydrogen) atoms. The van der Waals surface area contributed by atoms with Gasteiger partial charge in [-0.25, -0.2) is 4.39 Å². The molecule has 6 unspecified atom stereocenters. The van der Waals surface area contributed by atoms with E-state index in [2.05, 4.69) is 19.1 Å². The smallest absolute Gasteiger partial charge is 0.308 e. The molecule has 200 valence electrons. The molecule has 3 aliphatic carbocycles. The Morgan fingerprint density at radius 3 is 2.65 bits per heavy atom. The average molecular weight is 507 g/mol. The number of benzene rings is 2. The van der Waals surface area contributed by atoms with Crippen LogP contribution in [0.2, 0.25) is 0 Å². The third-order valence-corrected chi connectivity index (χ3v) is 9.59. The number of fused-ring (bicyclic) bond motifs is 6. The molecule has 0 aromatic heterocycles. The Kier molecular flexibility index (Phi) is 8.34. The Morgan fingerprint density at radius 1 is 1.05 bits per heavy atom. The highest BCUT2D eigenvalue weighted by atomic mass is 19.1. The highest BCUT2D eigenvalue weighted by Crippen LogP contribution is 2.59. The molecule has 0 amide bonds. The molecule has 0 heterocycles. The van der Waals surface area contributed by atoms with Crippen LogP contribution in [0.25, 0.3) is 0 Å². The summed E-state index contributed by atoms with van der Waals surface area (Å²) in [6, 6.07) is 11.6. The molecule has 0 bridgehead atoms. The number of hydrogen-bond acceptors (Lipinski definition) is 3. The van der Waals surface area contributed by atoms with Crippen molar-refractivity contribution in [3.8, 4) is 5.75 Å². The van der Waals surface area contributed by atoms with Gasteiger partial charge in [-0.1, -0.05) is 44.4 Å². The van der Waals surface area contributed by atoms with Gasteiger partial charge in [-0.05, 0) is 122 Å². The van der Waals surface area contributed by atoms with Crippen LogP contribution in [0.4, 0.5) is 4.39 Å². The number of unbranched alkanes of at least 4 members (excludes halogenated alkanes) is 1. The topological polar surface area (TPSA) is 46.5 Å². The van der Waals surface area contributed by atoms with Crippen molar-refractivity contribution in [3.05, 3.63) is 64.5 Å². The maximum atomic E-state index is 13.5. The highest BCUT2D eigenvalue weighted by Gasteiger charge is 2.47. The molecule has 2 aromatic carbocycles. The van der Waals surface area contributed by atoms with Crippen LogP contribution in [0.1, 0.15) is 124 Å². The molecule has 1 N–H and O–H groups in total. The molecule has 0 saturated heterocycles. The van der Waals surface area contributed by atoms with Crippen molar-refractivity contribution in [1.29, 1.82) is 0 Å². The van der Waals surface area contributed by atoms with Crippen LogP contribution in [0.15, 0.2) is 36.4 Å². The van der Waals surface area contributed by atoms with Crippen molar-refractivity contribution in [2.45, 2.75) is 115 Å². The molecule has 4 heteroatoms. The number of halogens is 1. The van der Waals surface area contributed by atoms with E-state index >= 15 is 0 Å². The molecule has 0 radical (unpaired) electrons. The number of aliphatic hydroxyl groups is 1. The van der Waals surface area contributed by atoms with Gasteiger partial charge in [0.2, 0.25) is 0 Å². The maximum absolute atomic E-state index is 13.5. The summed E-state index contributed by atoms with van der Waals surface area (Å²) in [6.07, 6.45) is 12.7. The molecule has 0 spiro atoms. The summed E-state index contributed by atoms with van der Waals surface area (Å²) in [5.74, 6) is 2.84. The van der Waals surface area contributed by atoms with Crippen LogP contribution in [-0.4, -0.2) is 17.2 Å². The van der Waals surface area contributed by atoms with Crippen molar-refractivity contribution in [1.82, 2.24) is 0 Å². The number of aliphatic hydroxyl groups excluding tert-OH is 1. The third-order valence-electron chi connectivity index (χ3n) is 9.59. The zero-order valence-corrected chi connectivity index (χ0v) is 22.6. The summed E-state index contributed by atoms with van der Waals surface area (Å²) in [5, 5.41) is 10.6. The van der Waals surface area contributed by atoms with Gasteiger partial charge >= 0.3 is 5.97 Å². The summed E-state index contributed by atoms with van der Waals surface area (Å²) in [7, 11) is 0. The first-order valence-corrected chi connectivity index (χ1v) is 14.7. The van der Waals surface area contributed by atoms with Gasteiger partial charge in [0.05, 0.1) is 6.10 Å². The Bertz CT molecular complexity index is 1090. The quantitative estimate of drug-likeness (QED) is 0.223. The van der Waals surface area contributed by atoms with Gasteiger partial charge in [-0.15, -0.1) is 0 Å². The normalized spacial score (nSPS) is 27.5. The molecule has 2 fully saturated rings. The van der Waals surface area contributed by atoms with E-state index in [1.807, 2.05) is 6.07 Å². The zero-order chi connectivity index (χ0) is 25.9. The van der Waals surface area contributed by atoms with Gasteiger partial charge in [0.25, 0.3) is 0 Å². The summed E-state index contributed by atoms with van der Waals surface area (Å²) < 4.78 is 19.5. The molecule has 3 nitrogen and oxygen atoms in total. The Morgan fingerprint density at radius 2 is 1.86 bits per heavy atom. The number of carbonyl (C=O) groups excluding carboxylic acids is 1. The van der Waals surface area contributed by atoms with Gasteiger partial charge < -0.3 is 9.84 Å². The van der Waals surface area contributed by atoms with Gasteiger partial charge in [-0.2, -0.15) is 0 Å². The van der Waals surface area contributed by atoms with Crippen molar-refractivity contribution >= 4 is 5.97 Å². The molecular formula is C33H43FO3. The minimum Gasteiger partial charge on any atom is -0.426 e. The van der Waals surface area contributed by atoms with E-state index in [9.17, 15) is 14.3 Å². The highest BCUT2D eigenvalue weighted by molar-refractivity contribution is 5.70. The molecule has 2 saturated carbocycles. The lowest BCUT2D eigenvalue weighted by Crippen LogP contribution is -2.40. The SMILES string of the molecule is CCC(CCCCc1cccc(F)c1)c1cc(OC(C)=O)c2c(c1)C1CCCCC1C1CCC(O)CC21. The summed E-state index contributed by atoms with van der Waals surface area (Å²) in [5.41, 5.74) is 4.99. The first kappa shape index (κ1) is 26.4. The van der Waals surface area contributed by atoms with Gasteiger partial charge in [0.15, 0.2) is 0 Å². The molecular weight excluding hydrogens is 463 g/mol. The number of carbonyl (C=O) groups is 1. The standard InChI is InChI=1S/C33H43FO3/c1-3-23(11-5-4-9-22-10-8-12-25(34)17-22)24-18-30-28-14-7-6-13-27(28)29-16-15-26(36)20-31(29)33(30)32(19-24)37-21(2)35/h8,10,12,17-19,23,26-29,31,36H,3-7,9,11,13-16,20H2,1-2H3. The Labute approximate surface area is 221 Å². The van der Waals surface area contributed by atoms with E-state index in [1.165, 1.54) is 55.4 Å². The summed E-state index contributed by atoms with van der Waals surface area (Å²) >= 11 is 0. The van der Waals surface area contributed by atoms with Crippen molar-refractivity contribution < 1.29 is 19.0 Å². The first-order valence-electron chi connectivity index (χ1n) is 14.7. The number of hydrogen-bond donors (Lipinski definition) is 1. The van der Waals surface area contributed by atoms with Crippen LogP contribution in [-0.2, 0) is 11.2 Å². The number of ether oxygens (including phenoxy) is 1. The number of rotatable bonds is 8. The fraction of sp³-hybridized carbons (Fsp3) is 0.606. The molecule has 2 aromatic rings. The van der Waals surface area contributed by atoms with Crippen molar-refractivity contribution in [3.63, 3.8) is 0 Å². The van der Waals surface area contributed by atoms with E-state index in [0.29, 0.717) is 23.7 Å². The van der Waals surface area contributed by atoms with E-state index in [4.69, 9.17) is 4.74 Å². The van der Waals surface area contributed by atoms with Crippen LogP contribution in [0.3, 0.4) is 0 Å². The van der Waals surface area contributed by atoms with Crippen LogP contribution < -0.4 is 4.74 Å². The second-order valence-corrected chi connectivity index (χ2v) is 11.9. The monoisotopic (exact) mass is 506 g/mol. The van der Waals surface area contributed by atoms with Gasteiger partial charge in [-0.3, -0.25) is 4.79 Å². The second kappa shape index (κ2) is 11.7. The predicted molar refractivity (Wildman–Crippen MR) is 146 cm³/mol. The van der Waals surface area contributed by atoms with E-state index in [1.54, 1.807) is 12.1 Å². The average Bonchev–Trinajstić information content (AvgIpc) is 2.88. The van der Waals surface area contributed by atoms with Crippen LogP contribution in [0, 0.1) is 17.7 Å².